The SMILES string of the molecule is O=S(O)C#CI. The molecule has 0 aliphatic rings. The molecular formula is C2HIO2S. The van der Waals surface area contributed by atoms with Crippen LogP contribution in [-0.2, 0) is 11.1 Å². The van der Waals surface area contributed by atoms with Gasteiger partial charge in [-0.15, -0.1) is 0 Å². The number of hydrogen-bond donors (Lipinski definition) is 1. The molecular weight excluding hydrogens is 215 g/mol. The fourth-order valence-corrected chi connectivity index (χ4v) is 0.664. The zero-order chi connectivity index (χ0) is 4.99. The van der Waals surface area contributed by atoms with Crippen LogP contribution in [0.4, 0.5) is 0 Å². The van der Waals surface area contributed by atoms with Gasteiger partial charge in [-0.3, -0.25) is 4.55 Å². The van der Waals surface area contributed by atoms with Gasteiger partial charge in [0.05, 0.1) is 0 Å². The number of rotatable bonds is 0. The highest BCUT2D eigenvalue weighted by Gasteiger charge is 1.72. The van der Waals surface area contributed by atoms with Gasteiger partial charge in [-0.25, -0.2) is 4.21 Å². The Morgan fingerprint density at radius 3 is 2.33 bits per heavy atom. The molecule has 0 spiro atoms. The van der Waals surface area contributed by atoms with Crippen molar-refractivity contribution in [3.05, 3.63) is 0 Å². The van der Waals surface area contributed by atoms with Gasteiger partial charge in [0.2, 0.25) is 11.1 Å². The van der Waals surface area contributed by atoms with Gasteiger partial charge in [0.25, 0.3) is 0 Å². The summed E-state index contributed by atoms with van der Waals surface area (Å²) in [4.78, 5) is 0. The molecule has 1 unspecified atom stereocenters. The smallest absolute Gasteiger partial charge is 0.234 e. The standard InChI is InChI=1S/C2HIO2S/c3-1-2-6(4)5/h(H,4,5). The van der Waals surface area contributed by atoms with Gasteiger partial charge < -0.3 is 0 Å². The predicted octanol–water partition coefficient (Wildman–Crippen LogP) is 0.562. The van der Waals surface area contributed by atoms with Crippen LogP contribution in [0.2, 0.25) is 0 Å². The average Bonchev–Trinajstić information content (AvgIpc) is 1.35. The Labute approximate surface area is 51.7 Å². The van der Waals surface area contributed by atoms with Gasteiger partial charge >= 0.3 is 0 Å². The molecule has 1 atom stereocenters. The van der Waals surface area contributed by atoms with Crippen molar-refractivity contribution in [3.8, 4) is 9.18 Å². The molecule has 0 amide bonds. The Morgan fingerprint density at radius 2 is 2.33 bits per heavy atom. The molecule has 0 aromatic rings. The van der Waals surface area contributed by atoms with Crippen LogP contribution in [0.5, 0.6) is 0 Å². The molecule has 0 bridgehead atoms. The number of halogens is 1. The lowest BCUT2D eigenvalue weighted by Crippen LogP contribution is -1.73. The van der Waals surface area contributed by atoms with Gasteiger partial charge in [0.1, 0.15) is 0 Å². The maximum Gasteiger partial charge on any atom is 0.234 e. The summed E-state index contributed by atoms with van der Waals surface area (Å²) < 4.78 is 19.6. The lowest BCUT2D eigenvalue weighted by molar-refractivity contribution is 0.576. The summed E-state index contributed by atoms with van der Waals surface area (Å²) in [6.45, 7) is 0. The first kappa shape index (κ1) is 6.40. The Morgan fingerprint density at radius 1 is 1.83 bits per heavy atom. The van der Waals surface area contributed by atoms with E-state index in [1.165, 1.54) is 0 Å². The van der Waals surface area contributed by atoms with E-state index in [1.54, 1.807) is 22.6 Å². The van der Waals surface area contributed by atoms with Crippen molar-refractivity contribution in [1.82, 2.24) is 0 Å². The monoisotopic (exact) mass is 216 g/mol. The third-order valence-corrected chi connectivity index (χ3v) is 1.04. The van der Waals surface area contributed by atoms with Crippen LogP contribution >= 0.6 is 22.6 Å². The van der Waals surface area contributed by atoms with Crippen molar-refractivity contribution in [2.75, 3.05) is 0 Å². The van der Waals surface area contributed by atoms with Gasteiger partial charge in [-0.1, -0.05) is 0 Å². The van der Waals surface area contributed by atoms with Crippen LogP contribution in [-0.4, -0.2) is 8.76 Å². The first-order valence-corrected chi connectivity index (χ1v) is 3.18. The summed E-state index contributed by atoms with van der Waals surface area (Å²) in [6.07, 6.45) is 0. The molecule has 4 heteroatoms. The van der Waals surface area contributed by atoms with Crippen molar-refractivity contribution in [1.29, 1.82) is 0 Å². The largest absolute Gasteiger partial charge is 0.296 e. The molecule has 0 saturated heterocycles. The van der Waals surface area contributed by atoms with E-state index in [-0.39, 0.29) is 0 Å². The van der Waals surface area contributed by atoms with Crippen LogP contribution in [0.1, 0.15) is 0 Å². The molecule has 0 fully saturated rings. The normalized spacial score (nSPS) is 11.7. The quantitative estimate of drug-likeness (QED) is 0.365. The summed E-state index contributed by atoms with van der Waals surface area (Å²) in [5.74, 6) is 0. The van der Waals surface area contributed by atoms with Crippen molar-refractivity contribution in [2.24, 2.45) is 0 Å². The van der Waals surface area contributed by atoms with Gasteiger partial charge in [-0.2, -0.15) is 0 Å². The fourth-order valence-electron chi connectivity index (χ4n) is 0.0330. The average molecular weight is 216 g/mol. The molecule has 0 saturated carbocycles. The van der Waals surface area contributed by atoms with E-state index in [2.05, 4.69) is 3.93 Å². The van der Waals surface area contributed by atoms with E-state index in [0.29, 0.717) is 0 Å². The second kappa shape index (κ2) is 3.59. The second-order valence-electron chi connectivity index (χ2n) is 0.446. The molecule has 0 heterocycles. The van der Waals surface area contributed by atoms with E-state index in [9.17, 15) is 4.21 Å². The molecule has 2 nitrogen and oxygen atoms in total. The lowest BCUT2D eigenvalue weighted by Gasteiger charge is -1.62. The summed E-state index contributed by atoms with van der Waals surface area (Å²) in [5.41, 5.74) is 0. The van der Waals surface area contributed by atoms with Crippen LogP contribution in [0.3, 0.4) is 0 Å². The molecule has 0 rings (SSSR count). The van der Waals surface area contributed by atoms with Gasteiger partial charge in [-0.05, 0) is 3.93 Å². The summed E-state index contributed by atoms with van der Waals surface area (Å²) in [5, 5.41) is 1.97. The Bertz CT molecular complexity index is 110. The fraction of sp³-hybridized carbons (Fsp3) is 0. The predicted molar refractivity (Wildman–Crippen MR) is 32.6 cm³/mol. The molecule has 1 N–H and O–H groups in total. The van der Waals surface area contributed by atoms with Gasteiger partial charge in [0.15, 0.2) is 0 Å². The Kier molecular flexibility index (Phi) is 3.82. The molecule has 0 aliphatic heterocycles. The number of hydrogen-bond acceptors (Lipinski definition) is 1. The molecule has 0 radical (unpaired) electrons. The summed E-state index contributed by atoms with van der Waals surface area (Å²) in [7, 11) is 0. The minimum absolute atomic E-state index is 1.69. The second-order valence-corrected chi connectivity index (χ2v) is 1.69. The van der Waals surface area contributed by atoms with E-state index in [0.717, 1.165) is 0 Å². The van der Waals surface area contributed by atoms with Crippen LogP contribution in [0, 0.1) is 9.18 Å². The van der Waals surface area contributed by atoms with E-state index >= 15 is 0 Å². The molecule has 34 valence electrons. The van der Waals surface area contributed by atoms with Crippen molar-refractivity contribution in [3.63, 3.8) is 0 Å². The highest BCUT2D eigenvalue weighted by Crippen LogP contribution is 1.71. The van der Waals surface area contributed by atoms with E-state index < -0.39 is 11.1 Å². The zero-order valence-corrected chi connectivity index (χ0v) is 5.62. The van der Waals surface area contributed by atoms with Crippen LogP contribution in [0.15, 0.2) is 0 Å². The topological polar surface area (TPSA) is 37.3 Å². The van der Waals surface area contributed by atoms with Gasteiger partial charge in [0, 0.05) is 27.8 Å². The molecule has 0 aromatic carbocycles. The molecule has 0 aliphatic carbocycles. The minimum Gasteiger partial charge on any atom is -0.296 e. The Hall–Kier alpha value is 0.400. The van der Waals surface area contributed by atoms with Crippen molar-refractivity contribution >= 4 is 33.7 Å². The summed E-state index contributed by atoms with van der Waals surface area (Å²) in [6, 6.07) is 0. The highest BCUT2D eigenvalue weighted by atomic mass is 127. The van der Waals surface area contributed by atoms with E-state index in [1.807, 2.05) is 5.25 Å². The van der Waals surface area contributed by atoms with Crippen molar-refractivity contribution in [2.45, 2.75) is 0 Å². The zero-order valence-electron chi connectivity index (χ0n) is 2.64. The Balaban J connectivity index is 3.50. The third kappa shape index (κ3) is 4.40. The summed E-state index contributed by atoms with van der Waals surface area (Å²) >= 11 is -0.246. The first-order valence-electron chi connectivity index (χ1n) is 0.992. The highest BCUT2D eigenvalue weighted by molar-refractivity contribution is 14.1. The lowest BCUT2D eigenvalue weighted by atomic mass is 11.4. The van der Waals surface area contributed by atoms with Crippen LogP contribution < -0.4 is 0 Å². The third-order valence-electron chi connectivity index (χ3n) is 0.126. The maximum atomic E-state index is 9.53. The minimum atomic E-state index is -1.93. The molecule has 6 heavy (non-hydrogen) atoms. The molecule has 0 aromatic heterocycles. The van der Waals surface area contributed by atoms with Crippen LogP contribution in [0.25, 0.3) is 0 Å². The van der Waals surface area contributed by atoms with Crippen molar-refractivity contribution < 1.29 is 8.76 Å². The maximum absolute atomic E-state index is 9.53. The first-order chi connectivity index (χ1) is 2.77. The van der Waals surface area contributed by atoms with E-state index in [4.69, 9.17) is 4.55 Å².